The van der Waals surface area contributed by atoms with E-state index in [0.717, 1.165) is 30.1 Å². The molecule has 0 amide bonds. The summed E-state index contributed by atoms with van der Waals surface area (Å²) in [6, 6.07) is 7.66. The largest absolute Gasteiger partial charge is 0.390 e. The van der Waals surface area contributed by atoms with Gasteiger partial charge in [-0.25, -0.2) is 0 Å². The smallest absolute Gasteiger partial charge is 0.0672 e. The average Bonchev–Trinajstić information content (AvgIpc) is 2.17. The van der Waals surface area contributed by atoms with Crippen molar-refractivity contribution in [3.63, 3.8) is 0 Å². The summed E-state index contributed by atoms with van der Waals surface area (Å²) in [5.41, 5.74) is 0.404. The molecule has 0 aliphatic heterocycles. The summed E-state index contributed by atoms with van der Waals surface area (Å²) < 4.78 is 0. The van der Waals surface area contributed by atoms with Crippen molar-refractivity contribution < 1.29 is 5.11 Å². The Morgan fingerprint density at radius 3 is 2.81 bits per heavy atom. The molecule has 0 aromatic heterocycles. The molecule has 0 radical (unpaired) electrons. The predicted octanol–water partition coefficient (Wildman–Crippen LogP) is 2.63. The number of hydrogen-bond acceptors (Lipinski definition) is 2. The van der Waals surface area contributed by atoms with Crippen LogP contribution in [0.4, 0.5) is 0 Å². The van der Waals surface area contributed by atoms with Gasteiger partial charge in [-0.3, -0.25) is 0 Å². The van der Waals surface area contributed by atoms with E-state index in [1.165, 1.54) is 0 Å². The molecule has 0 aliphatic carbocycles. The molecular formula is C13H20ClNO. The predicted molar refractivity (Wildman–Crippen MR) is 68.9 cm³/mol. The highest BCUT2D eigenvalue weighted by molar-refractivity contribution is 6.30. The fourth-order valence-electron chi connectivity index (χ4n) is 1.71. The number of benzene rings is 1. The van der Waals surface area contributed by atoms with Crippen LogP contribution in [0.15, 0.2) is 24.3 Å². The summed E-state index contributed by atoms with van der Waals surface area (Å²) in [6.45, 7) is 5.70. The SMILES string of the molecule is CCNCCC(C)(O)Cc1cccc(Cl)c1. The maximum Gasteiger partial charge on any atom is 0.0672 e. The molecule has 1 aromatic carbocycles. The van der Waals surface area contributed by atoms with Gasteiger partial charge in [0.2, 0.25) is 0 Å². The first-order valence-electron chi connectivity index (χ1n) is 5.71. The monoisotopic (exact) mass is 241 g/mol. The van der Waals surface area contributed by atoms with Gasteiger partial charge in [-0.15, -0.1) is 0 Å². The van der Waals surface area contributed by atoms with E-state index in [1.807, 2.05) is 31.2 Å². The van der Waals surface area contributed by atoms with Crippen LogP contribution in [0.2, 0.25) is 5.02 Å². The van der Waals surface area contributed by atoms with Crippen molar-refractivity contribution in [1.82, 2.24) is 5.32 Å². The van der Waals surface area contributed by atoms with Crippen molar-refractivity contribution in [1.29, 1.82) is 0 Å². The third-order valence-corrected chi connectivity index (χ3v) is 2.80. The van der Waals surface area contributed by atoms with Gasteiger partial charge in [0.1, 0.15) is 0 Å². The van der Waals surface area contributed by atoms with E-state index in [9.17, 15) is 5.11 Å². The van der Waals surface area contributed by atoms with Crippen molar-refractivity contribution in [3.05, 3.63) is 34.9 Å². The Kier molecular flexibility index (Phi) is 5.26. The molecule has 0 bridgehead atoms. The zero-order chi connectivity index (χ0) is 12.0. The van der Waals surface area contributed by atoms with Gasteiger partial charge in [0, 0.05) is 11.4 Å². The molecule has 0 heterocycles. The lowest BCUT2D eigenvalue weighted by atomic mass is 9.93. The van der Waals surface area contributed by atoms with Crippen molar-refractivity contribution in [3.8, 4) is 0 Å². The molecule has 0 spiro atoms. The van der Waals surface area contributed by atoms with Crippen LogP contribution < -0.4 is 5.32 Å². The molecule has 1 rings (SSSR count). The van der Waals surface area contributed by atoms with Gasteiger partial charge in [-0.1, -0.05) is 30.7 Å². The zero-order valence-electron chi connectivity index (χ0n) is 9.96. The highest BCUT2D eigenvalue weighted by Gasteiger charge is 2.20. The fraction of sp³-hybridized carbons (Fsp3) is 0.538. The lowest BCUT2D eigenvalue weighted by molar-refractivity contribution is 0.0517. The normalized spacial score (nSPS) is 14.8. The van der Waals surface area contributed by atoms with Gasteiger partial charge in [-0.2, -0.15) is 0 Å². The highest BCUT2D eigenvalue weighted by Crippen LogP contribution is 2.19. The molecule has 0 aliphatic rings. The summed E-state index contributed by atoms with van der Waals surface area (Å²) in [4.78, 5) is 0. The number of nitrogens with one attached hydrogen (secondary N) is 1. The van der Waals surface area contributed by atoms with E-state index in [0.29, 0.717) is 6.42 Å². The van der Waals surface area contributed by atoms with Crippen molar-refractivity contribution >= 4 is 11.6 Å². The minimum absolute atomic E-state index is 0.638. The first-order valence-corrected chi connectivity index (χ1v) is 6.09. The van der Waals surface area contributed by atoms with Gasteiger partial charge in [0.25, 0.3) is 0 Å². The topological polar surface area (TPSA) is 32.3 Å². The van der Waals surface area contributed by atoms with Crippen LogP contribution >= 0.6 is 11.6 Å². The maximum atomic E-state index is 10.2. The van der Waals surface area contributed by atoms with Crippen LogP contribution in [0, 0.1) is 0 Å². The Morgan fingerprint density at radius 1 is 1.44 bits per heavy atom. The molecule has 0 saturated heterocycles. The third kappa shape index (κ3) is 4.97. The second kappa shape index (κ2) is 6.24. The second-order valence-corrected chi connectivity index (χ2v) is 4.84. The minimum atomic E-state index is -0.674. The molecule has 1 atom stereocenters. The lowest BCUT2D eigenvalue weighted by Crippen LogP contribution is -2.32. The second-order valence-electron chi connectivity index (χ2n) is 4.41. The highest BCUT2D eigenvalue weighted by atomic mass is 35.5. The standard InChI is InChI=1S/C13H20ClNO/c1-3-15-8-7-13(2,16)10-11-5-4-6-12(14)9-11/h4-6,9,15-16H,3,7-8,10H2,1-2H3. The van der Waals surface area contributed by atoms with Crippen LogP contribution in [-0.2, 0) is 6.42 Å². The third-order valence-electron chi connectivity index (χ3n) is 2.56. The number of aliphatic hydroxyl groups is 1. The van der Waals surface area contributed by atoms with Crippen LogP contribution in [0.5, 0.6) is 0 Å². The number of hydrogen-bond donors (Lipinski definition) is 2. The molecule has 1 unspecified atom stereocenters. The Labute approximate surface area is 103 Å². The molecule has 1 aromatic rings. The Bertz CT molecular complexity index is 325. The van der Waals surface area contributed by atoms with E-state index >= 15 is 0 Å². The van der Waals surface area contributed by atoms with E-state index in [-0.39, 0.29) is 0 Å². The van der Waals surface area contributed by atoms with Gasteiger partial charge in [0.15, 0.2) is 0 Å². The zero-order valence-corrected chi connectivity index (χ0v) is 10.7. The first kappa shape index (κ1) is 13.5. The summed E-state index contributed by atoms with van der Waals surface area (Å²) in [5, 5.41) is 14.1. The van der Waals surface area contributed by atoms with Crippen LogP contribution in [0.3, 0.4) is 0 Å². The number of halogens is 1. The molecule has 2 nitrogen and oxygen atoms in total. The molecule has 0 fully saturated rings. The molecule has 16 heavy (non-hydrogen) atoms. The first-order chi connectivity index (χ1) is 7.53. The van der Waals surface area contributed by atoms with Crippen LogP contribution in [-0.4, -0.2) is 23.8 Å². The lowest BCUT2D eigenvalue weighted by Gasteiger charge is -2.23. The van der Waals surface area contributed by atoms with Crippen molar-refractivity contribution in [2.24, 2.45) is 0 Å². The van der Waals surface area contributed by atoms with E-state index in [2.05, 4.69) is 12.2 Å². The van der Waals surface area contributed by atoms with E-state index < -0.39 is 5.60 Å². The summed E-state index contributed by atoms with van der Waals surface area (Å²) in [5.74, 6) is 0. The van der Waals surface area contributed by atoms with Gasteiger partial charge in [0.05, 0.1) is 5.60 Å². The van der Waals surface area contributed by atoms with Crippen LogP contribution in [0.1, 0.15) is 25.8 Å². The minimum Gasteiger partial charge on any atom is -0.390 e. The van der Waals surface area contributed by atoms with Gasteiger partial charge < -0.3 is 10.4 Å². The fourth-order valence-corrected chi connectivity index (χ4v) is 1.92. The maximum absolute atomic E-state index is 10.2. The van der Waals surface area contributed by atoms with E-state index in [1.54, 1.807) is 0 Å². The number of rotatable bonds is 6. The summed E-state index contributed by atoms with van der Waals surface area (Å²) >= 11 is 5.91. The average molecular weight is 242 g/mol. The molecular weight excluding hydrogens is 222 g/mol. The molecule has 0 saturated carbocycles. The molecule has 3 heteroatoms. The Hall–Kier alpha value is -0.570. The van der Waals surface area contributed by atoms with Crippen molar-refractivity contribution in [2.75, 3.05) is 13.1 Å². The summed E-state index contributed by atoms with van der Waals surface area (Å²) in [7, 11) is 0. The quantitative estimate of drug-likeness (QED) is 0.751. The molecule has 2 N–H and O–H groups in total. The molecule has 90 valence electrons. The van der Waals surface area contributed by atoms with Crippen molar-refractivity contribution in [2.45, 2.75) is 32.3 Å². The Morgan fingerprint density at radius 2 is 2.19 bits per heavy atom. The van der Waals surface area contributed by atoms with E-state index in [4.69, 9.17) is 11.6 Å². The summed E-state index contributed by atoms with van der Waals surface area (Å²) in [6.07, 6.45) is 1.38. The van der Waals surface area contributed by atoms with Gasteiger partial charge >= 0.3 is 0 Å². The van der Waals surface area contributed by atoms with Gasteiger partial charge in [-0.05, 0) is 44.1 Å². The van der Waals surface area contributed by atoms with Crippen LogP contribution in [0.25, 0.3) is 0 Å². The Balaban J connectivity index is 2.51.